The molecule has 0 radical (unpaired) electrons. The lowest BCUT2D eigenvalue weighted by Crippen LogP contribution is -2.44. The van der Waals surface area contributed by atoms with Gasteiger partial charge in [-0.05, 0) is 31.2 Å². The summed E-state index contributed by atoms with van der Waals surface area (Å²) in [4.78, 5) is 13.9. The van der Waals surface area contributed by atoms with Crippen molar-refractivity contribution in [1.82, 2.24) is 4.90 Å². The number of carbonyl (C=O) groups is 1. The third-order valence-corrected chi connectivity index (χ3v) is 4.98. The van der Waals surface area contributed by atoms with Gasteiger partial charge in [-0.25, -0.2) is 0 Å². The van der Waals surface area contributed by atoms with Crippen LogP contribution in [0.3, 0.4) is 0 Å². The van der Waals surface area contributed by atoms with Gasteiger partial charge in [-0.2, -0.15) is 0 Å². The van der Waals surface area contributed by atoms with E-state index in [9.17, 15) is 4.79 Å². The van der Waals surface area contributed by atoms with E-state index in [1.54, 1.807) is 0 Å². The molecule has 1 atom stereocenters. The standard InChI is InChI=1S/C18H25NO3/c1-21-17(20)13-16-7-8-18(22-16)9-11-19(12-10-18)14-15-5-3-2-4-6-15/h2-6,16H,7-14H2,1H3/t16-/m0/s1. The van der Waals surface area contributed by atoms with E-state index < -0.39 is 0 Å². The van der Waals surface area contributed by atoms with Gasteiger partial charge < -0.3 is 9.47 Å². The number of rotatable bonds is 4. The highest BCUT2D eigenvalue weighted by Crippen LogP contribution is 2.40. The Morgan fingerprint density at radius 1 is 1.27 bits per heavy atom. The Hall–Kier alpha value is -1.39. The van der Waals surface area contributed by atoms with E-state index in [1.807, 2.05) is 0 Å². The highest BCUT2D eigenvalue weighted by Gasteiger charge is 2.42. The van der Waals surface area contributed by atoms with Gasteiger partial charge in [-0.15, -0.1) is 0 Å². The third-order valence-electron chi connectivity index (χ3n) is 4.98. The largest absolute Gasteiger partial charge is 0.469 e. The second-order valence-electron chi connectivity index (χ2n) is 6.50. The molecule has 0 aromatic heterocycles. The van der Waals surface area contributed by atoms with Crippen molar-refractivity contribution in [3.8, 4) is 0 Å². The summed E-state index contributed by atoms with van der Waals surface area (Å²) in [5.74, 6) is -0.163. The SMILES string of the molecule is COC(=O)C[C@@H]1CCC2(CCN(Cc3ccccc3)CC2)O1. The Bertz CT molecular complexity index is 494. The Balaban J connectivity index is 1.48. The third kappa shape index (κ3) is 3.68. The van der Waals surface area contributed by atoms with Crippen LogP contribution in [0.5, 0.6) is 0 Å². The summed E-state index contributed by atoms with van der Waals surface area (Å²) in [7, 11) is 1.44. The normalized spacial score (nSPS) is 24.5. The summed E-state index contributed by atoms with van der Waals surface area (Å²) in [6.45, 7) is 3.15. The fourth-order valence-electron chi connectivity index (χ4n) is 3.64. The van der Waals surface area contributed by atoms with E-state index >= 15 is 0 Å². The minimum absolute atomic E-state index is 0.00583. The lowest BCUT2D eigenvalue weighted by molar-refractivity contribution is -0.146. The van der Waals surface area contributed by atoms with Gasteiger partial charge in [0.05, 0.1) is 25.2 Å². The number of hydrogen-bond donors (Lipinski definition) is 0. The molecule has 2 fully saturated rings. The molecular formula is C18H25NO3. The van der Waals surface area contributed by atoms with Crippen molar-refractivity contribution in [2.24, 2.45) is 0 Å². The van der Waals surface area contributed by atoms with E-state index in [1.165, 1.54) is 12.7 Å². The van der Waals surface area contributed by atoms with Crippen molar-refractivity contribution in [3.63, 3.8) is 0 Å². The van der Waals surface area contributed by atoms with Gasteiger partial charge in [0.1, 0.15) is 0 Å². The lowest BCUT2D eigenvalue weighted by Gasteiger charge is -2.39. The molecule has 120 valence electrons. The van der Waals surface area contributed by atoms with Crippen molar-refractivity contribution < 1.29 is 14.3 Å². The second-order valence-corrected chi connectivity index (χ2v) is 6.50. The number of piperidine rings is 1. The van der Waals surface area contributed by atoms with Gasteiger partial charge in [0, 0.05) is 19.6 Å². The smallest absolute Gasteiger partial charge is 0.308 e. The molecule has 0 bridgehead atoms. The van der Waals surface area contributed by atoms with Crippen LogP contribution in [-0.2, 0) is 20.8 Å². The molecule has 2 saturated heterocycles. The van der Waals surface area contributed by atoms with Crippen LogP contribution in [0.15, 0.2) is 30.3 Å². The zero-order valence-electron chi connectivity index (χ0n) is 13.3. The van der Waals surface area contributed by atoms with Crippen LogP contribution < -0.4 is 0 Å². The van der Waals surface area contributed by atoms with E-state index in [2.05, 4.69) is 35.2 Å². The maximum absolute atomic E-state index is 11.4. The van der Waals surface area contributed by atoms with Crippen LogP contribution >= 0.6 is 0 Å². The summed E-state index contributed by atoms with van der Waals surface area (Å²) in [6.07, 6.45) is 4.64. The molecule has 2 aliphatic heterocycles. The minimum Gasteiger partial charge on any atom is -0.469 e. The van der Waals surface area contributed by atoms with Gasteiger partial charge in [0.15, 0.2) is 0 Å². The molecule has 3 rings (SSSR count). The predicted molar refractivity (Wildman–Crippen MR) is 84.4 cm³/mol. The Morgan fingerprint density at radius 2 is 2.00 bits per heavy atom. The fraction of sp³-hybridized carbons (Fsp3) is 0.611. The molecule has 0 amide bonds. The first kappa shape index (κ1) is 15.5. The quantitative estimate of drug-likeness (QED) is 0.802. The minimum atomic E-state index is -0.163. The van der Waals surface area contributed by atoms with Crippen molar-refractivity contribution in [2.75, 3.05) is 20.2 Å². The first-order chi connectivity index (χ1) is 10.7. The topological polar surface area (TPSA) is 38.8 Å². The Labute approximate surface area is 132 Å². The zero-order chi connectivity index (χ0) is 15.4. The number of nitrogens with zero attached hydrogens (tertiary/aromatic N) is 1. The molecule has 0 unspecified atom stereocenters. The van der Waals surface area contributed by atoms with Crippen LogP contribution in [-0.4, -0.2) is 42.8 Å². The molecule has 1 aromatic rings. The number of carbonyl (C=O) groups excluding carboxylic acids is 1. The van der Waals surface area contributed by atoms with Crippen LogP contribution in [0.4, 0.5) is 0 Å². The van der Waals surface area contributed by atoms with Gasteiger partial charge >= 0.3 is 5.97 Å². The number of methoxy groups -OCH3 is 1. The summed E-state index contributed by atoms with van der Waals surface area (Å²) in [5, 5.41) is 0. The summed E-state index contributed by atoms with van der Waals surface area (Å²) in [6, 6.07) is 10.6. The zero-order valence-corrected chi connectivity index (χ0v) is 13.3. The van der Waals surface area contributed by atoms with Gasteiger partial charge in [-0.3, -0.25) is 9.69 Å². The van der Waals surface area contributed by atoms with Crippen LogP contribution in [0, 0.1) is 0 Å². The summed E-state index contributed by atoms with van der Waals surface area (Å²) >= 11 is 0. The predicted octanol–water partition coefficient (Wildman–Crippen LogP) is 2.76. The number of benzene rings is 1. The average molecular weight is 303 g/mol. The van der Waals surface area contributed by atoms with Crippen molar-refractivity contribution in [1.29, 1.82) is 0 Å². The maximum Gasteiger partial charge on any atom is 0.308 e. The highest BCUT2D eigenvalue weighted by atomic mass is 16.5. The fourth-order valence-corrected chi connectivity index (χ4v) is 3.64. The van der Waals surface area contributed by atoms with Crippen molar-refractivity contribution in [3.05, 3.63) is 35.9 Å². The van der Waals surface area contributed by atoms with E-state index in [4.69, 9.17) is 9.47 Å². The lowest BCUT2D eigenvalue weighted by atomic mass is 9.88. The molecule has 1 aromatic carbocycles. The summed E-state index contributed by atoms with van der Waals surface area (Å²) < 4.78 is 11.0. The van der Waals surface area contributed by atoms with Crippen LogP contribution in [0.2, 0.25) is 0 Å². The average Bonchev–Trinajstić information content (AvgIpc) is 2.93. The van der Waals surface area contributed by atoms with Crippen LogP contribution in [0.25, 0.3) is 0 Å². The number of likely N-dealkylation sites (tertiary alicyclic amines) is 1. The second kappa shape index (κ2) is 6.80. The first-order valence-corrected chi connectivity index (χ1v) is 8.20. The highest BCUT2D eigenvalue weighted by molar-refractivity contribution is 5.69. The number of ether oxygens (including phenoxy) is 2. The summed E-state index contributed by atoms with van der Waals surface area (Å²) in [5.41, 5.74) is 1.38. The first-order valence-electron chi connectivity index (χ1n) is 8.20. The van der Waals surface area contributed by atoms with Crippen molar-refractivity contribution in [2.45, 2.75) is 50.4 Å². The van der Waals surface area contributed by atoms with Crippen LogP contribution in [0.1, 0.15) is 37.7 Å². The molecular weight excluding hydrogens is 278 g/mol. The number of esters is 1. The Kier molecular flexibility index (Phi) is 4.79. The van der Waals surface area contributed by atoms with E-state index in [-0.39, 0.29) is 17.7 Å². The molecule has 0 saturated carbocycles. The molecule has 1 spiro atoms. The molecule has 2 heterocycles. The molecule has 4 heteroatoms. The van der Waals surface area contributed by atoms with Crippen molar-refractivity contribution >= 4 is 5.97 Å². The molecule has 22 heavy (non-hydrogen) atoms. The van der Waals surface area contributed by atoms with E-state index in [0.29, 0.717) is 6.42 Å². The maximum atomic E-state index is 11.4. The molecule has 4 nitrogen and oxygen atoms in total. The molecule has 0 aliphatic carbocycles. The Morgan fingerprint density at radius 3 is 2.68 bits per heavy atom. The molecule has 2 aliphatic rings. The van der Waals surface area contributed by atoms with Gasteiger partial charge in [-0.1, -0.05) is 30.3 Å². The van der Waals surface area contributed by atoms with Gasteiger partial charge in [0.2, 0.25) is 0 Å². The monoisotopic (exact) mass is 303 g/mol. The van der Waals surface area contributed by atoms with Gasteiger partial charge in [0.25, 0.3) is 0 Å². The molecule has 0 N–H and O–H groups in total. The number of hydrogen-bond acceptors (Lipinski definition) is 4. The van der Waals surface area contributed by atoms with E-state index in [0.717, 1.165) is 45.3 Å².